The molecule has 2 N–H and O–H groups in total. The molecule has 1 aliphatic rings. The van der Waals surface area contributed by atoms with Crippen molar-refractivity contribution >= 4 is 39.9 Å². The van der Waals surface area contributed by atoms with Crippen LogP contribution in [0.15, 0.2) is 54.6 Å². The van der Waals surface area contributed by atoms with Gasteiger partial charge in [0, 0.05) is 33.8 Å². The van der Waals surface area contributed by atoms with Crippen LogP contribution < -0.4 is 10.6 Å². The average Bonchev–Trinajstić information content (AvgIpc) is 2.92. The lowest BCUT2D eigenvalue weighted by molar-refractivity contribution is 0.0950. The van der Waals surface area contributed by atoms with E-state index in [0.29, 0.717) is 22.7 Å². The molecule has 4 rings (SSSR count). The van der Waals surface area contributed by atoms with E-state index in [0.717, 1.165) is 22.0 Å². The molecule has 0 aliphatic carbocycles. The van der Waals surface area contributed by atoms with Crippen molar-refractivity contribution in [3.8, 4) is 0 Å². The summed E-state index contributed by atoms with van der Waals surface area (Å²) in [5.41, 5.74) is 3.02. The molecule has 2 amide bonds. The Bertz CT molecular complexity index is 981. The van der Waals surface area contributed by atoms with Crippen molar-refractivity contribution in [2.45, 2.75) is 6.54 Å². The highest BCUT2D eigenvalue weighted by molar-refractivity contribution is 6.30. The highest BCUT2D eigenvalue weighted by Crippen LogP contribution is 2.34. The summed E-state index contributed by atoms with van der Waals surface area (Å²) in [5, 5.41) is 8.25. The first-order valence-corrected chi connectivity index (χ1v) is 7.91. The van der Waals surface area contributed by atoms with Gasteiger partial charge in [-0.3, -0.25) is 9.59 Å². The SMILES string of the molecule is O=C(NCc1ccc2c3c(cccc13)C(=O)N2)c1ccc(Cl)cc1. The van der Waals surface area contributed by atoms with Crippen molar-refractivity contribution in [3.05, 3.63) is 76.3 Å². The van der Waals surface area contributed by atoms with Gasteiger partial charge in [-0.2, -0.15) is 0 Å². The van der Waals surface area contributed by atoms with E-state index in [1.165, 1.54) is 0 Å². The van der Waals surface area contributed by atoms with Gasteiger partial charge in [0.2, 0.25) is 0 Å². The quantitative estimate of drug-likeness (QED) is 0.759. The second kappa shape index (κ2) is 5.65. The highest BCUT2D eigenvalue weighted by atomic mass is 35.5. The molecule has 0 aromatic heterocycles. The molecular weight excluding hydrogens is 324 g/mol. The van der Waals surface area contributed by atoms with Gasteiger partial charge in [0.25, 0.3) is 11.8 Å². The zero-order valence-corrected chi connectivity index (χ0v) is 13.4. The number of benzene rings is 3. The second-order valence-electron chi connectivity index (χ2n) is 5.64. The fraction of sp³-hybridized carbons (Fsp3) is 0.0526. The zero-order valence-electron chi connectivity index (χ0n) is 12.6. The van der Waals surface area contributed by atoms with Gasteiger partial charge >= 0.3 is 0 Å². The Kier molecular flexibility index (Phi) is 3.47. The van der Waals surface area contributed by atoms with Crippen molar-refractivity contribution in [1.29, 1.82) is 0 Å². The Morgan fingerprint density at radius 1 is 1.04 bits per heavy atom. The summed E-state index contributed by atoms with van der Waals surface area (Å²) < 4.78 is 0. The molecule has 0 radical (unpaired) electrons. The van der Waals surface area contributed by atoms with Crippen LogP contribution in [0.1, 0.15) is 26.3 Å². The first-order valence-electron chi connectivity index (χ1n) is 7.53. The fourth-order valence-electron chi connectivity index (χ4n) is 2.98. The number of carbonyl (C=O) groups excluding carboxylic acids is 2. The molecule has 3 aromatic carbocycles. The smallest absolute Gasteiger partial charge is 0.256 e. The van der Waals surface area contributed by atoms with Crippen molar-refractivity contribution < 1.29 is 9.59 Å². The lowest BCUT2D eigenvalue weighted by atomic mass is 10.0. The van der Waals surface area contributed by atoms with Gasteiger partial charge in [-0.1, -0.05) is 29.8 Å². The molecule has 0 fully saturated rings. The minimum atomic E-state index is -0.163. The largest absolute Gasteiger partial charge is 0.348 e. The van der Waals surface area contributed by atoms with Crippen LogP contribution in [-0.4, -0.2) is 11.8 Å². The van der Waals surface area contributed by atoms with Crippen molar-refractivity contribution in [1.82, 2.24) is 5.32 Å². The van der Waals surface area contributed by atoms with Crippen molar-refractivity contribution in [2.24, 2.45) is 0 Å². The molecule has 0 atom stereocenters. The molecule has 0 spiro atoms. The monoisotopic (exact) mass is 336 g/mol. The number of anilines is 1. The Morgan fingerprint density at radius 3 is 2.62 bits per heavy atom. The fourth-order valence-corrected chi connectivity index (χ4v) is 3.11. The third-order valence-electron chi connectivity index (χ3n) is 4.17. The van der Waals surface area contributed by atoms with Gasteiger partial charge in [0.15, 0.2) is 0 Å². The van der Waals surface area contributed by atoms with E-state index < -0.39 is 0 Å². The van der Waals surface area contributed by atoms with Gasteiger partial charge in [-0.25, -0.2) is 0 Å². The number of amides is 2. The Hall–Kier alpha value is -2.85. The van der Waals surface area contributed by atoms with Gasteiger partial charge in [-0.15, -0.1) is 0 Å². The Balaban J connectivity index is 1.62. The Labute approximate surface area is 143 Å². The van der Waals surface area contributed by atoms with E-state index in [4.69, 9.17) is 11.6 Å². The van der Waals surface area contributed by atoms with Crippen LogP contribution >= 0.6 is 11.6 Å². The van der Waals surface area contributed by atoms with Crippen LogP contribution in [0.3, 0.4) is 0 Å². The molecule has 0 saturated carbocycles. The number of halogens is 1. The van der Waals surface area contributed by atoms with Crippen molar-refractivity contribution in [2.75, 3.05) is 5.32 Å². The molecule has 118 valence electrons. The molecule has 5 heteroatoms. The highest BCUT2D eigenvalue weighted by Gasteiger charge is 2.22. The lowest BCUT2D eigenvalue weighted by Gasteiger charge is -2.09. The number of hydrogen-bond donors (Lipinski definition) is 2. The van der Waals surface area contributed by atoms with E-state index in [1.54, 1.807) is 24.3 Å². The van der Waals surface area contributed by atoms with Crippen LogP contribution in [0.25, 0.3) is 10.8 Å². The predicted molar refractivity (Wildman–Crippen MR) is 94.5 cm³/mol. The maximum absolute atomic E-state index is 12.2. The molecule has 3 aromatic rings. The standard InChI is InChI=1S/C19H13ClN2O2/c20-13-7-4-11(5-8-13)18(23)21-10-12-6-9-16-17-14(12)2-1-3-15(17)19(24)22-16/h1-9H,10H2,(H,21,23)(H,22,24). The molecule has 1 heterocycles. The van der Waals surface area contributed by atoms with Gasteiger partial charge in [0.05, 0.1) is 0 Å². The van der Waals surface area contributed by atoms with Crippen LogP contribution in [0, 0.1) is 0 Å². The summed E-state index contributed by atoms with van der Waals surface area (Å²) in [5.74, 6) is -0.248. The minimum absolute atomic E-state index is 0.0852. The number of nitrogens with one attached hydrogen (secondary N) is 2. The molecule has 24 heavy (non-hydrogen) atoms. The van der Waals surface area contributed by atoms with Gasteiger partial charge in [-0.05, 0) is 47.3 Å². The van der Waals surface area contributed by atoms with E-state index in [-0.39, 0.29) is 11.8 Å². The summed E-state index contributed by atoms with van der Waals surface area (Å²) in [4.78, 5) is 24.2. The third kappa shape index (κ3) is 2.41. The molecule has 0 saturated heterocycles. The number of carbonyl (C=O) groups is 2. The van der Waals surface area contributed by atoms with E-state index in [1.807, 2.05) is 30.3 Å². The zero-order chi connectivity index (χ0) is 16.7. The average molecular weight is 337 g/mol. The molecule has 0 unspecified atom stereocenters. The lowest BCUT2D eigenvalue weighted by Crippen LogP contribution is -2.22. The maximum Gasteiger partial charge on any atom is 0.256 e. The molecular formula is C19H13ClN2O2. The van der Waals surface area contributed by atoms with Crippen LogP contribution in [0.4, 0.5) is 5.69 Å². The third-order valence-corrected chi connectivity index (χ3v) is 4.42. The minimum Gasteiger partial charge on any atom is -0.348 e. The topological polar surface area (TPSA) is 58.2 Å². The van der Waals surface area contributed by atoms with Crippen molar-refractivity contribution in [3.63, 3.8) is 0 Å². The van der Waals surface area contributed by atoms with Crippen LogP contribution in [-0.2, 0) is 6.54 Å². The molecule has 1 aliphatic heterocycles. The van der Waals surface area contributed by atoms with E-state index in [2.05, 4.69) is 10.6 Å². The summed E-state index contributed by atoms with van der Waals surface area (Å²) >= 11 is 5.84. The summed E-state index contributed by atoms with van der Waals surface area (Å²) in [6, 6.07) is 16.2. The van der Waals surface area contributed by atoms with E-state index in [9.17, 15) is 9.59 Å². The number of hydrogen-bond acceptors (Lipinski definition) is 2. The summed E-state index contributed by atoms with van der Waals surface area (Å²) in [7, 11) is 0. The normalized spacial score (nSPS) is 12.3. The van der Waals surface area contributed by atoms with E-state index >= 15 is 0 Å². The molecule has 0 bridgehead atoms. The van der Waals surface area contributed by atoms with Gasteiger partial charge in [0.1, 0.15) is 0 Å². The first-order chi connectivity index (χ1) is 11.6. The summed E-state index contributed by atoms with van der Waals surface area (Å²) in [6.45, 7) is 0.385. The van der Waals surface area contributed by atoms with Crippen LogP contribution in [0.2, 0.25) is 5.02 Å². The predicted octanol–water partition coefficient (Wildman–Crippen LogP) is 3.99. The number of rotatable bonds is 3. The molecule has 4 nitrogen and oxygen atoms in total. The Morgan fingerprint density at radius 2 is 1.83 bits per heavy atom. The first kappa shape index (κ1) is 14.7. The van der Waals surface area contributed by atoms with Gasteiger partial charge < -0.3 is 10.6 Å². The maximum atomic E-state index is 12.2. The summed E-state index contributed by atoms with van der Waals surface area (Å²) in [6.07, 6.45) is 0. The van der Waals surface area contributed by atoms with Crippen LogP contribution in [0.5, 0.6) is 0 Å². The second-order valence-corrected chi connectivity index (χ2v) is 6.08.